The van der Waals surface area contributed by atoms with Crippen molar-refractivity contribution in [2.24, 2.45) is 0 Å². The second kappa shape index (κ2) is 6.50. The van der Waals surface area contributed by atoms with Gasteiger partial charge in [0, 0.05) is 31.0 Å². The van der Waals surface area contributed by atoms with Gasteiger partial charge in [-0.3, -0.25) is 0 Å². The minimum atomic E-state index is 0.427. The molecular weight excluding hydrogens is 331 g/mol. The van der Waals surface area contributed by atoms with Crippen molar-refractivity contribution in [2.75, 3.05) is 24.7 Å². The Morgan fingerprint density at radius 2 is 1.61 bits per heavy atom. The van der Waals surface area contributed by atoms with Crippen LogP contribution < -0.4 is 15.4 Å². The molecule has 1 aliphatic rings. The average molecular weight is 351 g/mol. The maximum absolute atomic E-state index is 6.25. The van der Waals surface area contributed by atoms with Crippen LogP contribution >= 0.6 is 23.2 Å². The van der Waals surface area contributed by atoms with E-state index < -0.39 is 0 Å². The van der Waals surface area contributed by atoms with Crippen LogP contribution in [0.1, 0.15) is 24.0 Å². The van der Waals surface area contributed by atoms with Crippen molar-refractivity contribution >= 4 is 34.6 Å². The van der Waals surface area contributed by atoms with Gasteiger partial charge in [-0.25, -0.2) is 0 Å². The van der Waals surface area contributed by atoms with Crippen molar-refractivity contribution in [3.05, 3.63) is 45.4 Å². The van der Waals surface area contributed by atoms with Crippen LogP contribution in [-0.4, -0.2) is 14.1 Å². The van der Waals surface area contributed by atoms with E-state index in [4.69, 9.17) is 33.7 Å². The van der Waals surface area contributed by atoms with Crippen molar-refractivity contribution < 1.29 is 4.74 Å². The van der Waals surface area contributed by atoms with E-state index in [0.29, 0.717) is 21.5 Å². The zero-order valence-corrected chi connectivity index (χ0v) is 14.8. The number of hydrogen-bond donors (Lipinski definition) is 1. The Morgan fingerprint density at radius 3 is 2.22 bits per heavy atom. The third-order valence-electron chi connectivity index (χ3n) is 4.18. The summed E-state index contributed by atoms with van der Waals surface area (Å²) >= 11 is 12.5. The lowest BCUT2D eigenvalue weighted by Gasteiger charge is -2.26. The Bertz CT molecular complexity index is 721. The van der Waals surface area contributed by atoms with Gasteiger partial charge >= 0.3 is 0 Å². The monoisotopic (exact) mass is 350 g/mol. The fourth-order valence-electron chi connectivity index (χ4n) is 3.12. The average Bonchev–Trinajstić information content (AvgIpc) is 2.50. The number of nitrogens with two attached hydrogens (primary N) is 1. The summed E-state index contributed by atoms with van der Waals surface area (Å²) in [7, 11) is 4.14. The number of halogens is 2. The van der Waals surface area contributed by atoms with E-state index in [9.17, 15) is 0 Å². The fraction of sp³-hybridized carbons (Fsp3) is 0.333. The Labute approximate surface area is 146 Å². The molecule has 0 aromatic heterocycles. The third-order valence-corrected chi connectivity index (χ3v) is 4.74. The molecule has 2 aromatic rings. The smallest absolute Gasteiger partial charge is 0.164 e. The predicted octanol–water partition coefficient (Wildman–Crippen LogP) is 5.31. The number of nitrogens with zero attached hydrogens (tertiary/aromatic N) is 1. The number of nitrogen functional groups attached to an aromatic ring is 1. The lowest BCUT2D eigenvalue weighted by molar-refractivity contribution is 0.471. The molecule has 0 aliphatic heterocycles. The van der Waals surface area contributed by atoms with Crippen LogP contribution in [-0.2, 0) is 12.8 Å². The normalized spacial score (nSPS) is 13.6. The minimum absolute atomic E-state index is 0.427. The molecule has 2 N–H and O–H groups in total. The van der Waals surface area contributed by atoms with E-state index in [-0.39, 0.29) is 0 Å². The summed E-state index contributed by atoms with van der Waals surface area (Å²) < 4.78 is 6.09. The van der Waals surface area contributed by atoms with Gasteiger partial charge in [0.2, 0.25) is 0 Å². The van der Waals surface area contributed by atoms with Gasteiger partial charge < -0.3 is 15.4 Å². The van der Waals surface area contributed by atoms with Gasteiger partial charge in [0.15, 0.2) is 5.75 Å². The molecule has 0 spiro atoms. The third kappa shape index (κ3) is 3.22. The summed E-state index contributed by atoms with van der Waals surface area (Å²) in [5, 5.41) is 0.854. The van der Waals surface area contributed by atoms with E-state index in [0.717, 1.165) is 18.6 Å². The molecule has 2 aromatic carbocycles. The number of anilines is 2. The first-order chi connectivity index (χ1) is 11.0. The van der Waals surface area contributed by atoms with Crippen LogP contribution in [0.15, 0.2) is 24.3 Å². The van der Waals surface area contributed by atoms with Gasteiger partial charge in [-0.15, -0.1) is 0 Å². The molecule has 0 bridgehead atoms. The van der Waals surface area contributed by atoms with Gasteiger partial charge in [0.1, 0.15) is 5.75 Å². The van der Waals surface area contributed by atoms with Gasteiger partial charge in [-0.05, 0) is 55.5 Å². The molecule has 122 valence electrons. The molecule has 5 heteroatoms. The number of ether oxygens (including phenoxy) is 1. The maximum atomic E-state index is 6.25. The molecule has 0 saturated carbocycles. The standard InChI is InChI=1S/C18H20Cl2N2O/c1-22(2)16-7-8-17(13-6-4-3-5-12(13)16)23-18-14(19)9-11(21)10-15(18)20/h7-10H,3-6,21H2,1-2H3. The second-order valence-electron chi connectivity index (χ2n) is 6.06. The first-order valence-corrected chi connectivity index (χ1v) is 8.47. The highest BCUT2D eigenvalue weighted by Gasteiger charge is 2.20. The van der Waals surface area contributed by atoms with Crippen molar-refractivity contribution in [3.63, 3.8) is 0 Å². The number of fused-ring (bicyclic) bond motifs is 1. The van der Waals surface area contributed by atoms with E-state index in [2.05, 4.69) is 25.1 Å². The van der Waals surface area contributed by atoms with Gasteiger partial charge in [-0.2, -0.15) is 0 Å². The molecule has 0 amide bonds. The molecule has 0 heterocycles. The van der Waals surface area contributed by atoms with Crippen molar-refractivity contribution in [2.45, 2.75) is 25.7 Å². The van der Waals surface area contributed by atoms with Crippen LogP contribution in [0.5, 0.6) is 11.5 Å². The summed E-state index contributed by atoms with van der Waals surface area (Å²) in [5.74, 6) is 1.30. The Morgan fingerprint density at radius 1 is 1.00 bits per heavy atom. The van der Waals surface area contributed by atoms with Gasteiger partial charge in [0.25, 0.3) is 0 Å². The van der Waals surface area contributed by atoms with Crippen LogP contribution in [0.4, 0.5) is 11.4 Å². The summed E-state index contributed by atoms with van der Waals surface area (Å²) in [4.78, 5) is 2.15. The van der Waals surface area contributed by atoms with Crippen molar-refractivity contribution in [1.29, 1.82) is 0 Å². The maximum Gasteiger partial charge on any atom is 0.164 e. The van der Waals surface area contributed by atoms with Gasteiger partial charge in [-0.1, -0.05) is 23.2 Å². The van der Waals surface area contributed by atoms with E-state index in [1.165, 1.54) is 29.7 Å². The predicted molar refractivity (Wildman–Crippen MR) is 98.4 cm³/mol. The van der Waals surface area contributed by atoms with Crippen molar-refractivity contribution in [1.82, 2.24) is 0 Å². The Hall–Kier alpha value is -1.58. The summed E-state index contributed by atoms with van der Waals surface area (Å²) in [6.07, 6.45) is 4.46. The quantitative estimate of drug-likeness (QED) is 0.762. The number of hydrogen-bond acceptors (Lipinski definition) is 3. The first kappa shape index (κ1) is 16.3. The zero-order chi connectivity index (χ0) is 16.6. The summed E-state index contributed by atoms with van der Waals surface area (Å²) in [6, 6.07) is 7.41. The lowest BCUT2D eigenvalue weighted by Crippen LogP contribution is -2.15. The molecular formula is C18H20Cl2N2O. The SMILES string of the molecule is CN(C)c1ccc(Oc2c(Cl)cc(N)cc2Cl)c2c1CCCC2. The first-order valence-electron chi connectivity index (χ1n) is 7.72. The number of benzene rings is 2. The Balaban J connectivity index is 2.05. The van der Waals surface area contributed by atoms with E-state index >= 15 is 0 Å². The van der Waals surface area contributed by atoms with E-state index in [1.807, 2.05) is 6.07 Å². The second-order valence-corrected chi connectivity index (χ2v) is 6.87. The molecule has 0 unspecified atom stereocenters. The Kier molecular flexibility index (Phi) is 4.60. The molecule has 0 radical (unpaired) electrons. The molecule has 23 heavy (non-hydrogen) atoms. The minimum Gasteiger partial charge on any atom is -0.454 e. The van der Waals surface area contributed by atoms with E-state index in [1.54, 1.807) is 12.1 Å². The van der Waals surface area contributed by atoms with Gasteiger partial charge in [0.05, 0.1) is 10.0 Å². The highest BCUT2D eigenvalue weighted by atomic mass is 35.5. The molecule has 1 aliphatic carbocycles. The highest BCUT2D eigenvalue weighted by Crippen LogP contribution is 2.42. The van der Waals surface area contributed by atoms with Crippen LogP contribution in [0.2, 0.25) is 10.0 Å². The molecule has 3 rings (SSSR count). The molecule has 0 fully saturated rings. The largest absolute Gasteiger partial charge is 0.454 e. The van der Waals surface area contributed by atoms with Crippen LogP contribution in [0.3, 0.4) is 0 Å². The number of rotatable bonds is 3. The molecule has 3 nitrogen and oxygen atoms in total. The van der Waals surface area contributed by atoms with Crippen LogP contribution in [0, 0.1) is 0 Å². The highest BCUT2D eigenvalue weighted by molar-refractivity contribution is 6.37. The van der Waals surface area contributed by atoms with Crippen molar-refractivity contribution in [3.8, 4) is 11.5 Å². The summed E-state index contributed by atoms with van der Waals surface area (Å²) in [6.45, 7) is 0. The zero-order valence-electron chi connectivity index (χ0n) is 13.3. The fourth-order valence-corrected chi connectivity index (χ4v) is 3.70. The topological polar surface area (TPSA) is 38.5 Å². The molecule has 0 atom stereocenters. The van der Waals surface area contributed by atoms with Crippen LogP contribution in [0.25, 0.3) is 0 Å². The summed E-state index contributed by atoms with van der Waals surface area (Å²) in [5.41, 5.74) is 10.2. The molecule has 0 saturated heterocycles. The lowest BCUT2D eigenvalue weighted by atomic mass is 9.89.